The Bertz CT molecular complexity index is 116. The first-order valence-corrected chi connectivity index (χ1v) is 4.41. The number of hydrogen-bond acceptors (Lipinski definition) is 1. The van der Waals surface area contributed by atoms with E-state index in [9.17, 15) is 5.21 Å². The summed E-state index contributed by atoms with van der Waals surface area (Å²) in [5.74, 6) is 0. The number of hydroxylamine groups is 2. The van der Waals surface area contributed by atoms with Crippen LogP contribution in [0, 0.1) is 5.21 Å². The molecule has 0 heterocycles. The summed E-state index contributed by atoms with van der Waals surface area (Å²) < 4.78 is 0. The summed E-state index contributed by atoms with van der Waals surface area (Å²) in [6.07, 6.45) is 7.35. The summed E-state index contributed by atoms with van der Waals surface area (Å²) in [6, 6.07) is 0.982. The Morgan fingerprint density at radius 1 is 0.900 bits per heavy atom. The first-order chi connectivity index (χ1) is 4.88. The second-order valence-corrected chi connectivity index (χ2v) is 3.66. The van der Waals surface area contributed by atoms with Crippen LogP contribution in [0.5, 0.6) is 0 Å². The van der Waals surface area contributed by atoms with E-state index in [0.29, 0.717) is 17.1 Å². The molecule has 1 unspecified atom stereocenters. The molecule has 2 nitrogen and oxygen atoms in total. The lowest BCUT2D eigenvalue weighted by Crippen LogP contribution is -3.12. The van der Waals surface area contributed by atoms with Gasteiger partial charge in [-0.15, -0.1) is 0 Å². The Morgan fingerprint density at radius 2 is 1.40 bits per heavy atom. The average molecular weight is 141 g/mol. The van der Waals surface area contributed by atoms with Crippen molar-refractivity contribution in [1.29, 1.82) is 0 Å². The molecule has 2 fully saturated rings. The van der Waals surface area contributed by atoms with Gasteiger partial charge in [0.1, 0.15) is 0 Å². The molecule has 1 atom stereocenters. The second kappa shape index (κ2) is 2.51. The predicted molar refractivity (Wildman–Crippen MR) is 39.6 cm³/mol. The van der Waals surface area contributed by atoms with Gasteiger partial charge in [-0.1, -0.05) is 0 Å². The molecule has 0 bridgehead atoms. The summed E-state index contributed by atoms with van der Waals surface area (Å²) in [7, 11) is 0. The molecule has 0 saturated heterocycles. The van der Waals surface area contributed by atoms with Gasteiger partial charge in [0, 0.05) is 12.8 Å². The lowest BCUT2D eigenvalue weighted by Gasteiger charge is -2.28. The Balaban J connectivity index is 1.84. The Morgan fingerprint density at radius 3 is 1.90 bits per heavy atom. The molecular formula is C8H15NO. The quantitative estimate of drug-likeness (QED) is 0.556. The Hall–Kier alpha value is -0.0800. The van der Waals surface area contributed by atoms with E-state index in [-0.39, 0.29) is 0 Å². The highest BCUT2D eigenvalue weighted by atomic mass is 16.5. The Kier molecular flexibility index (Phi) is 1.66. The lowest BCUT2D eigenvalue weighted by molar-refractivity contribution is -0.886. The molecule has 0 aromatic carbocycles. The highest BCUT2D eigenvalue weighted by molar-refractivity contribution is 4.75. The Labute approximate surface area is 61.8 Å². The summed E-state index contributed by atoms with van der Waals surface area (Å²) in [5.41, 5.74) is 0. The molecule has 0 amide bonds. The molecule has 2 aliphatic carbocycles. The maximum absolute atomic E-state index is 11.4. The van der Waals surface area contributed by atoms with Crippen molar-refractivity contribution in [3.63, 3.8) is 0 Å². The van der Waals surface area contributed by atoms with Crippen molar-refractivity contribution >= 4 is 0 Å². The lowest BCUT2D eigenvalue weighted by atomic mass is 10.2. The van der Waals surface area contributed by atoms with Crippen LogP contribution in [-0.4, -0.2) is 12.1 Å². The highest BCUT2D eigenvalue weighted by Crippen LogP contribution is 2.20. The largest absolute Gasteiger partial charge is 0.634 e. The molecule has 0 radical (unpaired) electrons. The zero-order valence-corrected chi connectivity index (χ0v) is 6.31. The molecule has 2 saturated carbocycles. The van der Waals surface area contributed by atoms with Crippen LogP contribution in [0.2, 0.25) is 0 Å². The van der Waals surface area contributed by atoms with Crippen molar-refractivity contribution in [2.45, 2.75) is 50.6 Å². The summed E-state index contributed by atoms with van der Waals surface area (Å²) in [5, 5.41) is 12.0. The van der Waals surface area contributed by atoms with Crippen LogP contribution >= 0.6 is 0 Å². The van der Waals surface area contributed by atoms with Gasteiger partial charge < -0.3 is 10.3 Å². The van der Waals surface area contributed by atoms with E-state index in [4.69, 9.17) is 0 Å². The zero-order valence-electron chi connectivity index (χ0n) is 6.31. The molecule has 10 heavy (non-hydrogen) atoms. The van der Waals surface area contributed by atoms with Crippen LogP contribution in [0.1, 0.15) is 38.5 Å². The van der Waals surface area contributed by atoms with Gasteiger partial charge in [-0.25, -0.2) is 0 Å². The van der Waals surface area contributed by atoms with Crippen LogP contribution in [0.15, 0.2) is 0 Å². The third kappa shape index (κ3) is 1.18. The topological polar surface area (TPSA) is 27.5 Å². The highest BCUT2D eigenvalue weighted by Gasteiger charge is 2.34. The van der Waals surface area contributed by atoms with E-state index < -0.39 is 0 Å². The summed E-state index contributed by atoms with van der Waals surface area (Å²) in [4.78, 5) is 0. The number of quaternary nitrogens is 1. The van der Waals surface area contributed by atoms with Gasteiger partial charge in [-0.2, -0.15) is 0 Å². The molecule has 0 aromatic heterocycles. The minimum absolute atomic E-state index is 0.479. The van der Waals surface area contributed by atoms with Crippen molar-refractivity contribution in [1.82, 2.24) is 0 Å². The van der Waals surface area contributed by atoms with E-state index in [2.05, 4.69) is 0 Å². The minimum Gasteiger partial charge on any atom is -0.634 e. The fraction of sp³-hybridized carbons (Fsp3) is 1.00. The number of hydrogen-bond donors (Lipinski definition) is 1. The van der Waals surface area contributed by atoms with Gasteiger partial charge in [-0.3, -0.25) is 0 Å². The zero-order chi connectivity index (χ0) is 6.97. The van der Waals surface area contributed by atoms with Gasteiger partial charge in [0.2, 0.25) is 0 Å². The molecule has 2 aliphatic rings. The van der Waals surface area contributed by atoms with E-state index in [1.54, 1.807) is 0 Å². The maximum Gasteiger partial charge on any atom is 0.0878 e. The fourth-order valence-electron chi connectivity index (χ4n) is 1.91. The van der Waals surface area contributed by atoms with Gasteiger partial charge >= 0.3 is 0 Å². The second-order valence-electron chi connectivity index (χ2n) is 3.66. The predicted octanol–water partition coefficient (Wildman–Crippen LogP) is 0.474. The monoisotopic (exact) mass is 141 g/mol. The minimum atomic E-state index is 0.479. The van der Waals surface area contributed by atoms with Crippen molar-refractivity contribution in [2.24, 2.45) is 0 Å². The number of rotatable bonds is 2. The average Bonchev–Trinajstić information content (AvgIpc) is 2.65. The van der Waals surface area contributed by atoms with Crippen LogP contribution in [0.25, 0.3) is 0 Å². The molecule has 1 N–H and O–H groups in total. The third-order valence-corrected chi connectivity index (χ3v) is 2.74. The van der Waals surface area contributed by atoms with Crippen LogP contribution < -0.4 is 5.06 Å². The fourth-order valence-corrected chi connectivity index (χ4v) is 1.91. The molecule has 0 aromatic rings. The molecular weight excluding hydrogens is 126 g/mol. The van der Waals surface area contributed by atoms with E-state index >= 15 is 0 Å². The molecule has 2 heteroatoms. The first kappa shape index (κ1) is 6.62. The normalized spacial score (nSPS) is 30.9. The first-order valence-electron chi connectivity index (χ1n) is 4.41. The van der Waals surface area contributed by atoms with Crippen molar-refractivity contribution in [3.05, 3.63) is 5.21 Å². The SMILES string of the molecule is [O-][NH+](C1CCCC1)C1CC1. The third-order valence-electron chi connectivity index (χ3n) is 2.74. The van der Waals surface area contributed by atoms with Gasteiger partial charge in [0.15, 0.2) is 0 Å². The van der Waals surface area contributed by atoms with Crippen LogP contribution in [-0.2, 0) is 0 Å². The molecule has 58 valence electrons. The summed E-state index contributed by atoms with van der Waals surface area (Å²) >= 11 is 0. The molecule has 2 rings (SSSR count). The molecule has 0 aliphatic heterocycles. The standard InChI is InChI=1S/C8H15NO/c10-9(8-5-6-8)7-3-1-2-4-7/h7-9H,1-6H2. The van der Waals surface area contributed by atoms with Gasteiger partial charge in [-0.05, 0) is 25.7 Å². The maximum atomic E-state index is 11.4. The van der Waals surface area contributed by atoms with E-state index in [1.807, 2.05) is 0 Å². The number of nitrogens with one attached hydrogen (secondary N) is 1. The van der Waals surface area contributed by atoms with Crippen LogP contribution in [0.4, 0.5) is 0 Å². The van der Waals surface area contributed by atoms with Crippen molar-refractivity contribution in [2.75, 3.05) is 0 Å². The van der Waals surface area contributed by atoms with Gasteiger partial charge in [0.05, 0.1) is 12.1 Å². The van der Waals surface area contributed by atoms with E-state index in [0.717, 1.165) is 0 Å². The van der Waals surface area contributed by atoms with Crippen molar-refractivity contribution < 1.29 is 5.06 Å². The van der Waals surface area contributed by atoms with Gasteiger partial charge in [0.25, 0.3) is 0 Å². The van der Waals surface area contributed by atoms with E-state index in [1.165, 1.54) is 38.5 Å². The van der Waals surface area contributed by atoms with Crippen LogP contribution in [0.3, 0.4) is 0 Å². The smallest absolute Gasteiger partial charge is 0.0878 e. The van der Waals surface area contributed by atoms with Crippen molar-refractivity contribution in [3.8, 4) is 0 Å². The summed E-state index contributed by atoms with van der Waals surface area (Å²) in [6.45, 7) is 0. The molecule has 0 spiro atoms.